The van der Waals surface area contributed by atoms with Gasteiger partial charge in [-0.2, -0.15) is 4.98 Å². The van der Waals surface area contributed by atoms with Crippen LogP contribution < -0.4 is 5.32 Å². The second-order valence-corrected chi connectivity index (χ2v) is 6.83. The van der Waals surface area contributed by atoms with E-state index in [2.05, 4.69) is 20.4 Å². The van der Waals surface area contributed by atoms with Crippen molar-refractivity contribution in [2.24, 2.45) is 0 Å². The van der Waals surface area contributed by atoms with Crippen molar-refractivity contribution in [3.8, 4) is 0 Å². The zero-order valence-electron chi connectivity index (χ0n) is 14.1. The smallest absolute Gasteiger partial charge is 0.242 e. The molecule has 0 bridgehead atoms. The Balaban J connectivity index is 2.19. The van der Waals surface area contributed by atoms with Crippen LogP contribution in [0, 0.1) is 0 Å². The maximum Gasteiger partial charge on any atom is 0.242 e. The Labute approximate surface area is 131 Å². The Morgan fingerprint density at radius 3 is 2.77 bits per heavy atom. The number of nitrogens with one attached hydrogen (secondary N) is 1. The molecule has 2 rings (SSSR count). The Bertz CT molecular complexity index is 523. The normalized spacial score (nSPS) is 23.0. The van der Waals surface area contributed by atoms with Gasteiger partial charge in [0.05, 0.1) is 13.2 Å². The molecule has 1 saturated heterocycles. The number of methoxy groups -OCH3 is 1. The molecule has 1 aliphatic rings. The first-order valence-corrected chi connectivity index (χ1v) is 7.63. The summed E-state index contributed by atoms with van der Waals surface area (Å²) in [7, 11) is 3.27. The van der Waals surface area contributed by atoms with Crippen molar-refractivity contribution in [1.82, 2.24) is 20.4 Å². The van der Waals surface area contributed by atoms with E-state index in [9.17, 15) is 4.79 Å². The van der Waals surface area contributed by atoms with Crippen molar-refractivity contribution in [2.75, 3.05) is 27.3 Å². The van der Waals surface area contributed by atoms with Gasteiger partial charge in [0.1, 0.15) is 5.54 Å². The van der Waals surface area contributed by atoms with Crippen molar-refractivity contribution in [3.05, 3.63) is 11.7 Å². The summed E-state index contributed by atoms with van der Waals surface area (Å²) in [5.41, 5.74) is -0.808. The van der Waals surface area contributed by atoms with E-state index in [1.165, 1.54) is 0 Å². The third-order valence-corrected chi connectivity index (χ3v) is 4.12. The Morgan fingerprint density at radius 1 is 1.50 bits per heavy atom. The average Bonchev–Trinajstić information content (AvgIpc) is 3.07. The monoisotopic (exact) mass is 310 g/mol. The van der Waals surface area contributed by atoms with Gasteiger partial charge in [-0.05, 0) is 19.4 Å². The molecule has 7 nitrogen and oxygen atoms in total. The van der Waals surface area contributed by atoms with E-state index in [0.29, 0.717) is 24.9 Å². The zero-order valence-corrected chi connectivity index (χ0v) is 14.1. The fourth-order valence-electron chi connectivity index (χ4n) is 2.91. The molecule has 1 aromatic heterocycles. The third-order valence-electron chi connectivity index (χ3n) is 4.12. The van der Waals surface area contributed by atoms with Gasteiger partial charge in [0.2, 0.25) is 11.8 Å². The molecule has 1 unspecified atom stereocenters. The van der Waals surface area contributed by atoms with E-state index in [1.807, 2.05) is 20.8 Å². The maximum absolute atomic E-state index is 12.4. The number of carbonyl (C=O) groups excluding carboxylic acids is 1. The summed E-state index contributed by atoms with van der Waals surface area (Å²) in [4.78, 5) is 18.9. The van der Waals surface area contributed by atoms with Crippen molar-refractivity contribution < 1.29 is 14.1 Å². The van der Waals surface area contributed by atoms with Crippen molar-refractivity contribution >= 4 is 5.91 Å². The highest BCUT2D eigenvalue weighted by molar-refractivity contribution is 5.86. The average molecular weight is 310 g/mol. The molecule has 0 aromatic carbocycles. The molecule has 1 amide bonds. The molecule has 124 valence electrons. The SMILES string of the molecule is CNC(=O)C1(COC)CCCN1Cc1nc(C(C)(C)C)no1. The number of amides is 1. The minimum absolute atomic E-state index is 0.0255. The molecular weight excluding hydrogens is 284 g/mol. The summed E-state index contributed by atoms with van der Waals surface area (Å²) in [6.07, 6.45) is 1.71. The van der Waals surface area contributed by atoms with Crippen LogP contribution in [0.4, 0.5) is 0 Å². The summed E-state index contributed by atoms with van der Waals surface area (Å²) >= 11 is 0. The van der Waals surface area contributed by atoms with Gasteiger partial charge in [0.15, 0.2) is 5.82 Å². The Morgan fingerprint density at radius 2 is 2.23 bits per heavy atom. The topological polar surface area (TPSA) is 80.5 Å². The van der Waals surface area contributed by atoms with Gasteiger partial charge in [0, 0.05) is 19.6 Å². The van der Waals surface area contributed by atoms with E-state index in [0.717, 1.165) is 19.4 Å². The molecule has 2 heterocycles. The lowest BCUT2D eigenvalue weighted by Gasteiger charge is -2.35. The Kier molecular flexibility index (Phi) is 4.87. The third kappa shape index (κ3) is 3.15. The summed E-state index contributed by atoms with van der Waals surface area (Å²) < 4.78 is 10.7. The number of likely N-dealkylation sites (tertiary alicyclic amines) is 1. The minimum atomic E-state index is -0.653. The molecule has 1 aliphatic heterocycles. The number of ether oxygens (including phenoxy) is 1. The van der Waals surface area contributed by atoms with E-state index >= 15 is 0 Å². The van der Waals surface area contributed by atoms with Crippen LogP contribution >= 0.6 is 0 Å². The number of hydrogen-bond acceptors (Lipinski definition) is 6. The summed E-state index contributed by atoms with van der Waals surface area (Å²) in [5, 5.41) is 6.79. The maximum atomic E-state index is 12.4. The lowest BCUT2D eigenvalue weighted by atomic mass is 9.95. The highest BCUT2D eigenvalue weighted by Crippen LogP contribution is 2.31. The van der Waals surface area contributed by atoms with Gasteiger partial charge in [-0.25, -0.2) is 0 Å². The van der Waals surface area contributed by atoms with E-state index in [-0.39, 0.29) is 11.3 Å². The molecule has 0 spiro atoms. The largest absolute Gasteiger partial charge is 0.382 e. The van der Waals surface area contributed by atoms with Crippen LogP contribution in [0.2, 0.25) is 0 Å². The van der Waals surface area contributed by atoms with Crippen LogP contribution in [0.15, 0.2) is 4.52 Å². The van der Waals surface area contributed by atoms with Gasteiger partial charge in [-0.15, -0.1) is 0 Å². The first-order chi connectivity index (χ1) is 10.3. The number of nitrogens with zero attached hydrogens (tertiary/aromatic N) is 3. The predicted molar refractivity (Wildman–Crippen MR) is 81.3 cm³/mol. The molecule has 7 heteroatoms. The van der Waals surface area contributed by atoms with E-state index in [1.54, 1.807) is 14.2 Å². The number of aromatic nitrogens is 2. The lowest BCUT2D eigenvalue weighted by molar-refractivity contribution is -0.135. The molecule has 0 saturated carbocycles. The fourth-order valence-corrected chi connectivity index (χ4v) is 2.91. The van der Waals surface area contributed by atoms with E-state index < -0.39 is 5.54 Å². The fraction of sp³-hybridized carbons (Fsp3) is 0.800. The second-order valence-electron chi connectivity index (χ2n) is 6.83. The van der Waals surface area contributed by atoms with Gasteiger partial charge in [0.25, 0.3) is 0 Å². The van der Waals surface area contributed by atoms with E-state index in [4.69, 9.17) is 9.26 Å². The molecular formula is C15H26N4O3. The van der Waals surface area contributed by atoms with Gasteiger partial charge in [-0.1, -0.05) is 25.9 Å². The molecule has 1 aromatic rings. The minimum Gasteiger partial charge on any atom is -0.382 e. The van der Waals surface area contributed by atoms with Gasteiger partial charge >= 0.3 is 0 Å². The molecule has 0 aliphatic carbocycles. The first kappa shape index (κ1) is 16.9. The van der Waals surface area contributed by atoms with Crippen LogP contribution in [0.5, 0.6) is 0 Å². The highest BCUT2D eigenvalue weighted by atomic mass is 16.5. The molecule has 22 heavy (non-hydrogen) atoms. The summed E-state index contributed by atoms with van der Waals surface area (Å²) in [6, 6.07) is 0. The van der Waals surface area contributed by atoms with Crippen LogP contribution in [0.1, 0.15) is 45.3 Å². The molecule has 1 N–H and O–H groups in total. The second kappa shape index (κ2) is 6.34. The number of likely N-dealkylation sites (N-methyl/N-ethyl adjacent to an activating group) is 1. The van der Waals surface area contributed by atoms with Gasteiger partial charge in [-0.3, -0.25) is 9.69 Å². The predicted octanol–water partition coefficient (Wildman–Crippen LogP) is 1.09. The highest BCUT2D eigenvalue weighted by Gasteiger charge is 2.47. The Hall–Kier alpha value is -1.47. The van der Waals surface area contributed by atoms with Crippen LogP contribution in [0.25, 0.3) is 0 Å². The summed E-state index contributed by atoms with van der Waals surface area (Å²) in [6.45, 7) is 7.74. The number of rotatable bonds is 5. The van der Waals surface area contributed by atoms with Crippen LogP contribution in [-0.2, 0) is 21.5 Å². The van der Waals surface area contributed by atoms with Gasteiger partial charge < -0.3 is 14.6 Å². The van der Waals surface area contributed by atoms with Crippen molar-refractivity contribution in [3.63, 3.8) is 0 Å². The number of carbonyl (C=O) groups is 1. The van der Waals surface area contributed by atoms with Crippen LogP contribution in [0.3, 0.4) is 0 Å². The summed E-state index contributed by atoms with van der Waals surface area (Å²) in [5.74, 6) is 1.19. The number of hydrogen-bond donors (Lipinski definition) is 1. The quantitative estimate of drug-likeness (QED) is 0.877. The molecule has 0 radical (unpaired) electrons. The zero-order chi connectivity index (χ0) is 16.4. The first-order valence-electron chi connectivity index (χ1n) is 7.63. The van der Waals surface area contributed by atoms with Crippen molar-refractivity contribution in [1.29, 1.82) is 0 Å². The molecule has 1 fully saturated rings. The van der Waals surface area contributed by atoms with Crippen molar-refractivity contribution in [2.45, 2.75) is 51.1 Å². The standard InChI is InChI=1S/C15H26N4O3/c1-14(2,3)12-17-11(22-18-12)9-19-8-6-7-15(19,10-21-5)13(20)16-4/h6-10H2,1-5H3,(H,16,20). The van der Waals surface area contributed by atoms with Crippen LogP contribution in [-0.4, -0.2) is 53.8 Å². The lowest BCUT2D eigenvalue weighted by Crippen LogP contribution is -2.57. The molecule has 1 atom stereocenters.